The van der Waals surface area contributed by atoms with Crippen LogP contribution in [-0.4, -0.2) is 31.7 Å². The molecule has 0 aliphatic carbocycles. The first kappa shape index (κ1) is 22.0. The molecular formula is C22H21ClN4O4S. The highest BCUT2D eigenvalue weighted by Crippen LogP contribution is 2.28. The van der Waals surface area contributed by atoms with Gasteiger partial charge in [-0.25, -0.2) is 13.4 Å². The van der Waals surface area contributed by atoms with Gasteiger partial charge in [0, 0.05) is 37.1 Å². The van der Waals surface area contributed by atoms with Gasteiger partial charge in [-0.15, -0.1) is 0 Å². The van der Waals surface area contributed by atoms with Gasteiger partial charge in [-0.05, 0) is 36.8 Å². The van der Waals surface area contributed by atoms with Crippen molar-refractivity contribution in [2.24, 2.45) is 4.99 Å². The van der Waals surface area contributed by atoms with E-state index in [1.165, 1.54) is 12.1 Å². The second kappa shape index (κ2) is 9.54. The molecule has 1 aromatic heterocycles. The standard InChI is InChI=1S/C22H21ClN4O4S/c23-18-8-2-1-7-17(18)19-14-25-22(31-19)11-10-21(28)26-15-5-3-6-16(13-15)32(29,30)27-20-9-4-12-24-20/h1-3,5-8,13-14H,4,9-12H2,(H,24,27)(H,26,28). The van der Waals surface area contributed by atoms with Gasteiger partial charge < -0.3 is 9.73 Å². The number of sulfonamides is 1. The number of carbonyl (C=O) groups excluding carboxylic acids is 1. The number of benzene rings is 2. The highest BCUT2D eigenvalue weighted by molar-refractivity contribution is 7.90. The maximum atomic E-state index is 12.5. The quantitative estimate of drug-likeness (QED) is 0.538. The van der Waals surface area contributed by atoms with Crippen LogP contribution in [0.15, 0.2) is 69.0 Å². The highest BCUT2D eigenvalue weighted by Gasteiger charge is 2.19. The fourth-order valence-corrected chi connectivity index (χ4v) is 4.60. The maximum absolute atomic E-state index is 12.5. The van der Waals surface area contributed by atoms with Gasteiger partial charge in [0.25, 0.3) is 10.0 Å². The van der Waals surface area contributed by atoms with Gasteiger partial charge in [0.05, 0.1) is 16.1 Å². The van der Waals surface area contributed by atoms with Gasteiger partial charge in [0.2, 0.25) is 5.91 Å². The first-order chi connectivity index (χ1) is 15.4. The molecule has 0 unspecified atom stereocenters. The third-order valence-electron chi connectivity index (χ3n) is 4.81. The molecule has 1 aliphatic heterocycles. The molecule has 0 saturated heterocycles. The van der Waals surface area contributed by atoms with Crippen LogP contribution < -0.4 is 10.0 Å². The average Bonchev–Trinajstić information content (AvgIpc) is 3.45. The molecule has 2 N–H and O–H groups in total. The number of rotatable bonds is 7. The van der Waals surface area contributed by atoms with E-state index in [4.69, 9.17) is 16.0 Å². The van der Waals surface area contributed by atoms with Crippen molar-refractivity contribution in [2.75, 3.05) is 11.9 Å². The summed E-state index contributed by atoms with van der Waals surface area (Å²) < 4.78 is 33.3. The third-order valence-corrected chi connectivity index (χ3v) is 6.52. The number of carbonyl (C=O) groups is 1. The minimum atomic E-state index is -3.75. The lowest BCUT2D eigenvalue weighted by molar-refractivity contribution is -0.116. The Bertz CT molecular complexity index is 1270. The summed E-state index contributed by atoms with van der Waals surface area (Å²) in [6.07, 6.45) is 3.42. The molecule has 10 heteroatoms. The molecule has 166 valence electrons. The molecule has 2 heterocycles. The van der Waals surface area contributed by atoms with Crippen LogP contribution in [0, 0.1) is 0 Å². The second-order valence-electron chi connectivity index (χ2n) is 7.21. The molecule has 3 aromatic rings. The smallest absolute Gasteiger partial charge is 0.262 e. The van der Waals surface area contributed by atoms with Crippen LogP contribution in [0.1, 0.15) is 25.2 Å². The van der Waals surface area contributed by atoms with E-state index in [9.17, 15) is 13.2 Å². The molecule has 0 fully saturated rings. The van der Waals surface area contributed by atoms with E-state index in [1.54, 1.807) is 24.4 Å². The zero-order chi connectivity index (χ0) is 22.6. The Morgan fingerprint density at radius 3 is 2.78 bits per heavy atom. The minimum absolute atomic E-state index is 0.0574. The number of nitrogens with zero attached hydrogens (tertiary/aromatic N) is 2. The number of halogens is 1. The van der Waals surface area contributed by atoms with Crippen LogP contribution in [0.5, 0.6) is 0 Å². The number of anilines is 1. The van der Waals surface area contributed by atoms with Crippen LogP contribution in [0.3, 0.4) is 0 Å². The Kier molecular flexibility index (Phi) is 6.57. The van der Waals surface area contributed by atoms with Gasteiger partial charge in [0.1, 0.15) is 5.84 Å². The van der Waals surface area contributed by atoms with Crippen LogP contribution in [-0.2, 0) is 21.2 Å². The Morgan fingerprint density at radius 2 is 2.00 bits per heavy atom. The minimum Gasteiger partial charge on any atom is -0.441 e. The van der Waals surface area contributed by atoms with Gasteiger partial charge in [-0.3, -0.25) is 14.5 Å². The summed E-state index contributed by atoms with van der Waals surface area (Å²) in [5.41, 5.74) is 1.11. The lowest BCUT2D eigenvalue weighted by Gasteiger charge is -2.10. The lowest BCUT2D eigenvalue weighted by Crippen LogP contribution is -2.29. The largest absolute Gasteiger partial charge is 0.441 e. The van der Waals surface area contributed by atoms with E-state index in [-0.39, 0.29) is 23.6 Å². The van der Waals surface area contributed by atoms with E-state index in [0.717, 1.165) is 12.0 Å². The van der Waals surface area contributed by atoms with E-state index < -0.39 is 10.0 Å². The fourth-order valence-electron chi connectivity index (χ4n) is 3.23. The number of aromatic nitrogens is 1. The average molecular weight is 473 g/mol. The zero-order valence-corrected chi connectivity index (χ0v) is 18.6. The number of hydrogen-bond donors (Lipinski definition) is 2. The molecule has 32 heavy (non-hydrogen) atoms. The number of amides is 1. The summed E-state index contributed by atoms with van der Waals surface area (Å²) in [6.45, 7) is 0.623. The molecule has 0 atom stereocenters. The lowest BCUT2D eigenvalue weighted by atomic mass is 10.2. The maximum Gasteiger partial charge on any atom is 0.262 e. The van der Waals surface area contributed by atoms with Crippen LogP contribution in [0.4, 0.5) is 5.69 Å². The van der Waals surface area contributed by atoms with Gasteiger partial charge in [-0.2, -0.15) is 0 Å². The number of aryl methyl sites for hydroxylation is 1. The summed E-state index contributed by atoms with van der Waals surface area (Å²) >= 11 is 6.17. The van der Waals surface area contributed by atoms with Crippen LogP contribution in [0.2, 0.25) is 5.02 Å². The van der Waals surface area contributed by atoms with Crippen molar-refractivity contribution in [1.82, 2.24) is 9.71 Å². The Labute approximate surface area is 190 Å². The topological polar surface area (TPSA) is 114 Å². The Morgan fingerprint density at radius 1 is 1.16 bits per heavy atom. The van der Waals surface area contributed by atoms with Gasteiger partial charge in [0.15, 0.2) is 11.7 Å². The van der Waals surface area contributed by atoms with Crippen LogP contribution in [0.25, 0.3) is 11.3 Å². The number of oxazole rings is 1. The van der Waals surface area contributed by atoms with E-state index in [2.05, 4.69) is 20.0 Å². The second-order valence-corrected chi connectivity index (χ2v) is 9.30. The SMILES string of the molecule is O=C(CCc1ncc(-c2ccccc2Cl)o1)Nc1cccc(S(=O)(=O)NC2=NCCC2)c1. The van der Waals surface area contributed by atoms with Gasteiger partial charge >= 0.3 is 0 Å². The monoisotopic (exact) mass is 472 g/mol. The number of hydrogen-bond acceptors (Lipinski definition) is 6. The Balaban J connectivity index is 1.36. The molecular weight excluding hydrogens is 452 g/mol. The molecule has 0 spiro atoms. The van der Waals surface area contributed by atoms with Crippen molar-refractivity contribution in [2.45, 2.75) is 30.6 Å². The molecule has 0 saturated carbocycles. The molecule has 1 aliphatic rings. The van der Waals surface area contributed by atoms with Crippen molar-refractivity contribution in [3.8, 4) is 11.3 Å². The predicted octanol–water partition coefficient (Wildman–Crippen LogP) is 4.04. The van der Waals surface area contributed by atoms with Crippen molar-refractivity contribution in [3.63, 3.8) is 0 Å². The molecule has 2 aromatic carbocycles. The third kappa shape index (κ3) is 5.35. The first-order valence-corrected chi connectivity index (χ1v) is 11.9. The molecule has 0 bridgehead atoms. The number of aliphatic imine (C=N–C) groups is 1. The van der Waals surface area contributed by atoms with E-state index >= 15 is 0 Å². The molecule has 0 radical (unpaired) electrons. The predicted molar refractivity (Wildman–Crippen MR) is 122 cm³/mol. The van der Waals surface area contributed by atoms with E-state index in [0.29, 0.717) is 41.2 Å². The van der Waals surface area contributed by atoms with Crippen molar-refractivity contribution in [1.29, 1.82) is 0 Å². The van der Waals surface area contributed by atoms with E-state index in [1.807, 2.05) is 18.2 Å². The summed E-state index contributed by atoms with van der Waals surface area (Å²) in [7, 11) is -3.75. The highest BCUT2D eigenvalue weighted by atomic mass is 35.5. The molecule has 8 nitrogen and oxygen atoms in total. The van der Waals surface area contributed by atoms with Gasteiger partial charge in [-0.1, -0.05) is 29.8 Å². The molecule has 1 amide bonds. The summed E-state index contributed by atoms with van der Waals surface area (Å²) in [6, 6.07) is 13.4. The first-order valence-electron chi connectivity index (χ1n) is 10.1. The number of nitrogens with one attached hydrogen (secondary N) is 2. The van der Waals surface area contributed by atoms with Crippen LogP contribution >= 0.6 is 11.6 Å². The number of amidine groups is 1. The zero-order valence-electron chi connectivity index (χ0n) is 17.0. The summed E-state index contributed by atoms with van der Waals surface area (Å²) in [5.74, 6) is 1.11. The fraction of sp³-hybridized carbons (Fsp3) is 0.227. The van der Waals surface area contributed by atoms with Crippen molar-refractivity contribution >= 4 is 39.1 Å². The molecule has 4 rings (SSSR count). The summed E-state index contributed by atoms with van der Waals surface area (Å²) in [5, 5.41) is 3.27. The van der Waals surface area contributed by atoms with Crippen molar-refractivity contribution in [3.05, 3.63) is 65.6 Å². The Hall–Kier alpha value is -3.17. The normalized spacial score (nSPS) is 13.6. The van der Waals surface area contributed by atoms with Crippen molar-refractivity contribution < 1.29 is 17.6 Å². The summed E-state index contributed by atoms with van der Waals surface area (Å²) in [4.78, 5) is 20.8.